The van der Waals surface area contributed by atoms with E-state index in [1.807, 2.05) is 0 Å². The van der Waals surface area contributed by atoms with Gasteiger partial charge in [-0.1, -0.05) is 0 Å². The number of hydrogen-bond acceptors (Lipinski definition) is 10. The summed E-state index contributed by atoms with van der Waals surface area (Å²) in [5, 5.41) is 56.4. The quantitative estimate of drug-likeness (QED) is 0.280. The van der Waals surface area contributed by atoms with E-state index in [9.17, 15) is 35.1 Å². The molecule has 0 aromatic rings. The Balaban J connectivity index is 3.00. The Kier molecular flexibility index (Phi) is 5.39. The first-order valence-corrected chi connectivity index (χ1v) is 5.69. The molecular formula is C10H16O10. The minimum absolute atomic E-state index is 0.399. The topological polar surface area (TPSA) is 174 Å². The molecule has 0 saturated carbocycles. The fourth-order valence-electron chi connectivity index (χ4n) is 1.53. The summed E-state index contributed by atoms with van der Waals surface area (Å²) in [4.78, 5) is 22.4. The Morgan fingerprint density at radius 3 is 2.30 bits per heavy atom. The van der Waals surface area contributed by atoms with Gasteiger partial charge in [0.2, 0.25) is 0 Å². The van der Waals surface area contributed by atoms with Crippen LogP contribution in [0.1, 0.15) is 12.8 Å². The molecule has 0 amide bonds. The van der Waals surface area contributed by atoms with Crippen LogP contribution in [0.25, 0.3) is 0 Å². The molecule has 0 aromatic carbocycles. The Morgan fingerprint density at radius 2 is 1.75 bits per heavy atom. The normalized spacial score (nSPS) is 32.4. The van der Waals surface area contributed by atoms with Crippen LogP contribution in [0.4, 0.5) is 0 Å². The second kappa shape index (κ2) is 6.43. The van der Waals surface area contributed by atoms with E-state index in [2.05, 4.69) is 9.47 Å². The molecule has 6 N–H and O–H groups in total. The van der Waals surface area contributed by atoms with Crippen LogP contribution in [-0.4, -0.2) is 79.6 Å². The summed E-state index contributed by atoms with van der Waals surface area (Å²) in [5.74, 6) is -5.34. The maximum Gasteiger partial charge on any atom is 0.309 e. The second-order valence-electron chi connectivity index (χ2n) is 4.25. The zero-order valence-electron chi connectivity index (χ0n) is 10.2. The molecule has 20 heavy (non-hydrogen) atoms. The molecule has 1 rings (SSSR count). The van der Waals surface area contributed by atoms with Crippen LogP contribution >= 0.6 is 0 Å². The Bertz CT molecular complexity index is 371. The Labute approximate surface area is 112 Å². The molecule has 1 aliphatic rings. The lowest BCUT2D eigenvalue weighted by atomic mass is 9.99. The largest absolute Gasteiger partial charge is 0.428 e. The number of carbonyl (C=O) groups excluding carboxylic acids is 2. The highest BCUT2D eigenvalue weighted by atomic mass is 16.7. The van der Waals surface area contributed by atoms with E-state index in [4.69, 9.17) is 5.11 Å². The molecule has 0 bridgehead atoms. The third-order valence-corrected chi connectivity index (χ3v) is 2.74. The van der Waals surface area contributed by atoms with Crippen LogP contribution < -0.4 is 0 Å². The lowest BCUT2D eigenvalue weighted by Crippen LogP contribution is -2.63. The van der Waals surface area contributed by atoms with Crippen LogP contribution in [0.3, 0.4) is 0 Å². The summed E-state index contributed by atoms with van der Waals surface area (Å²) in [5.41, 5.74) is 0. The van der Waals surface area contributed by atoms with Crippen LogP contribution in [0.5, 0.6) is 0 Å². The number of hydrogen-bond donors (Lipinski definition) is 6. The number of ether oxygens (including phenoxy) is 2. The molecule has 0 radical (unpaired) electrons. The summed E-state index contributed by atoms with van der Waals surface area (Å²) in [6.45, 7) is -0.974. The summed E-state index contributed by atoms with van der Waals surface area (Å²) >= 11 is 0. The number of cyclic esters (lactones) is 2. The minimum Gasteiger partial charge on any atom is -0.428 e. The first kappa shape index (κ1) is 16.8. The van der Waals surface area contributed by atoms with Crippen LogP contribution in [0, 0.1) is 0 Å². The van der Waals surface area contributed by atoms with Crippen molar-refractivity contribution in [2.24, 2.45) is 0 Å². The molecular weight excluding hydrogens is 280 g/mol. The highest BCUT2D eigenvalue weighted by Crippen LogP contribution is 2.26. The van der Waals surface area contributed by atoms with E-state index in [0.717, 1.165) is 0 Å². The van der Waals surface area contributed by atoms with Crippen molar-refractivity contribution in [3.8, 4) is 0 Å². The van der Waals surface area contributed by atoms with E-state index in [1.54, 1.807) is 0 Å². The zero-order valence-corrected chi connectivity index (χ0v) is 10.2. The molecule has 1 saturated heterocycles. The molecule has 1 unspecified atom stereocenters. The van der Waals surface area contributed by atoms with Crippen molar-refractivity contribution < 1.29 is 49.7 Å². The Morgan fingerprint density at radius 1 is 1.20 bits per heavy atom. The third kappa shape index (κ3) is 3.42. The number of aliphatic hydroxyl groups is 6. The van der Waals surface area contributed by atoms with Gasteiger partial charge in [-0.05, 0) is 0 Å². The summed E-state index contributed by atoms with van der Waals surface area (Å²) in [6.07, 6.45) is -9.85. The molecule has 10 heteroatoms. The van der Waals surface area contributed by atoms with Crippen LogP contribution in [-0.2, 0) is 19.1 Å². The van der Waals surface area contributed by atoms with Crippen molar-refractivity contribution in [3.63, 3.8) is 0 Å². The van der Waals surface area contributed by atoms with E-state index in [-0.39, 0.29) is 0 Å². The molecule has 10 nitrogen and oxygen atoms in total. The molecule has 0 aliphatic carbocycles. The van der Waals surface area contributed by atoms with Gasteiger partial charge in [-0.15, -0.1) is 0 Å². The average molecular weight is 296 g/mol. The smallest absolute Gasteiger partial charge is 0.309 e. The Hall–Kier alpha value is -1.30. The van der Waals surface area contributed by atoms with Crippen molar-refractivity contribution in [2.75, 3.05) is 6.61 Å². The molecule has 1 aliphatic heterocycles. The van der Waals surface area contributed by atoms with Crippen molar-refractivity contribution in [3.05, 3.63) is 0 Å². The fraction of sp³-hybridized carbons (Fsp3) is 0.800. The van der Waals surface area contributed by atoms with Crippen molar-refractivity contribution >= 4 is 11.9 Å². The van der Waals surface area contributed by atoms with Gasteiger partial charge in [0, 0.05) is 0 Å². The molecule has 1 heterocycles. The molecule has 0 spiro atoms. The van der Waals surface area contributed by atoms with Gasteiger partial charge in [-0.2, -0.15) is 0 Å². The molecule has 1 fully saturated rings. The van der Waals surface area contributed by atoms with Gasteiger partial charge in [-0.3, -0.25) is 9.59 Å². The van der Waals surface area contributed by atoms with Gasteiger partial charge in [0.1, 0.15) is 12.2 Å². The highest BCUT2D eigenvalue weighted by Gasteiger charge is 2.54. The number of rotatable bonds is 4. The molecule has 0 aromatic heterocycles. The molecule has 5 atom stereocenters. The predicted octanol–water partition coefficient (Wildman–Crippen LogP) is -4.05. The lowest BCUT2D eigenvalue weighted by Gasteiger charge is -2.38. The summed E-state index contributed by atoms with van der Waals surface area (Å²) < 4.78 is 8.72. The summed E-state index contributed by atoms with van der Waals surface area (Å²) in [7, 11) is 0. The number of esters is 2. The number of carbonyl (C=O) groups is 2. The van der Waals surface area contributed by atoms with Gasteiger partial charge in [0.05, 0.1) is 19.4 Å². The average Bonchev–Trinajstić information content (AvgIpc) is 2.41. The van der Waals surface area contributed by atoms with Crippen LogP contribution in [0.15, 0.2) is 0 Å². The minimum atomic E-state index is -3.18. The lowest BCUT2D eigenvalue weighted by molar-refractivity contribution is -0.349. The van der Waals surface area contributed by atoms with Crippen LogP contribution in [0.2, 0.25) is 0 Å². The standard InChI is InChI=1S/C10H16O10/c11-3-4(12)7(15)8(16)10(18)9(17)19-5(13)1-2-6(14)20-10/h4,7-9,11-12,15-18H,1-3H2/t4-,7-,8-,9?,10+/m0/s1. The van der Waals surface area contributed by atoms with Crippen molar-refractivity contribution in [2.45, 2.75) is 43.2 Å². The first-order chi connectivity index (χ1) is 9.22. The highest BCUT2D eigenvalue weighted by molar-refractivity contribution is 5.78. The van der Waals surface area contributed by atoms with E-state index in [1.165, 1.54) is 0 Å². The van der Waals surface area contributed by atoms with Gasteiger partial charge < -0.3 is 40.1 Å². The first-order valence-electron chi connectivity index (χ1n) is 5.69. The monoisotopic (exact) mass is 296 g/mol. The fourth-order valence-corrected chi connectivity index (χ4v) is 1.53. The SMILES string of the molecule is O=C1CCC(=O)O[C@](O)([C@@H](O)[C@@H](O)[C@@H](O)CO)C(O)O1. The van der Waals surface area contributed by atoms with Crippen molar-refractivity contribution in [1.29, 1.82) is 0 Å². The third-order valence-electron chi connectivity index (χ3n) is 2.74. The van der Waals surface area contributed by atoms with Gasteiger partial charge in [0.25, 0.3) is 6.29 Å². The molecule has 116 valence electrons. The second-order valence-corrected chi connectivity index (χ2v) is 4.25. The van der Waals surface area contributed by atoms with Gasteiger partial charge in [0.15, 0.2) is 6.10 Å². The van der Waals surface area contributed by atoms with Crippen molar-refractivity contribution in [1.82, 2.24) is 0 Å². The van der Waals surface area contributed by atoms with E-state index in [0.29, 0.717) is 0 Å². The summed E-state index contributed by atoms with van der Waals surface area (Å²) in [6, 6.07) is 0. The zero-order chi connectivity index (χ0) is 15.5. The maximum absolute atomic E-state index is 11.3. The predicted molar refractivity (Wildman–Crippen MR) is 57.5 cm³/mol. The van der Waals surface area contributed by atoms with E-state index >= 15 is 0 Å². The van der Waals surface area contributed by atoms with Gasteiger partial charge >= 0.3 is 17.7 Å². The van der Waals surface area contributed by atoms with Gasteiger partial charge in [-0.25, -0.2) is 0 Å². The number of aliphatic hydroxyl groups excluding tert-OH is 5. The maximum atomic E-state index is 11.3. The van der Waals surface area contributed by atoms with E-state index < -0.39 is 61.8 Å².